The van der Waals surface area contributed by atoms with Crippen molar-refractivity contribution in [1.82, 2.24) is 0 Å². The number of carbonyl (C=O) groups excluding carboxylic acids is 1. The molecule has 0 amide bonds. The highest BCUT2D eigenvalue weighted by atomic mass is 127. The summed E-state index contributed by atoms with van der Waals surface area (Å²) in [5.74, 6) is -0.121. The molecule has 0 unspecified atom stereocenters. The van der Waals surface area contributed by atoms with Crippen LogP contribution < -0.4 is 0 Å². The zero-order chi connectivity index (χ0) is 31.2. The van der Waals surface area contributed by atoms with Crippen LogP contribution in [0, 0.1) is 0 Å². The first-order chi connectivity index (χ1) is 21.3. The molecule has 0 fully saturated rings. The van der Waals surface area contributed by atoms with Gasteiger partial charge in [-0.3, -0.25) is 4.79 Å². The summed E-state index contributed by atoms with van der Waals surface area (Å²) in [5.41, 5.74) is 0. The number of ether oxygens (including phenoxy) is 7. The molecule has 0 aromatic rings. The van der Waals surface area contributed by atoms with Crippen molar-refractivity contribution in [2.45, 2.75) is 122 Å². The highest BCUT2D eigenvalue weighted by Crippen LogP contribution is 2.13. The van der Waals surface area contributed by atoms with Crippen LogP contribution >= 0.6 is 22.6 Å². The molecule has 0 spiro atoms. The fourth-order valence-electron chi connectivity index (χ4n) is 4.43. The highest BCUT2D eigenvalue weighted by Gasteiger charge is 2.03. The van der Waals surface area contributed by atoms with Gasteiger partial charge in [0.2, 0.25) is 0 Å². The van der Waals surface area contributed by atoms with Gasteiger partial charge >= 0.3 is 5.97 Å². The van der Waals surface area contributed by atoms with Crippen LogP contribution in [0.25, 0.3) is 0 Å². The Hall–Kier alpha value is -0.0400. The first-order valence-corrected chi connectivity index (χ1v) is 19.0. The van der Waals surface area contributed by atoms with Crippen molar-refractivity contribution >= 4 is 28.6 Å². The van der Waals surface area contributed by atoms with Crippen molar-refractivity contribution in [3.8, 4) is 0 Å². The van der Waals surface area contributed by atoms with Crippen molar-refractivity contribution in [3.63, 3.8) is 0 Å². The van der Waals surface area contributed by atoms with Gasteiger partial charge in [-0.15, -0.1) is 0 Å². The Balaban J connectivity index is 3.13. The van der Waals surface area contributed by atoms with Gasteiger partial charge < -0.3 is 33.2 Å². The Kier molecular flexibility index (Phi) is 39.9. The van der Waals surface area contributed by atoms with E-state index in [0.29, 0.717) is 85.7 Å². The number of hydrogen-bond acceptors (Lipinski definition) is 8. The maximum atomic E-state index is 11.8. The van der Waals surface area contributed by atoms with E-state index in [1.807, 2.05) is 0 Å². The Labute approximate surface area is 278 Å². The number of alkyl halides is 1. The van der Waals surface area contributed by atoms with Crippen molar-refractivity contribution in [2.24, 2.45) is 0 Å². The van der Waals surface area contributed by atoms with E-state index in [2.05, 4.69) is 29.5 Å². The van der Waals surface area contributed by atoms with Gasteiger partial charge in [-0.25, -0.2) is 0 Å². The Morgan fingerprint density at radius 3 is 1.14 bits per heavy atom. The van der Waals surface area contributed by atoms with Gasteiger partial charge in [0.15, 0.2) is 0 Å². The first-order valence-electron chi connectivity index (χ1n) is 17.5. The maximum absolute atomic E-state index is 11.8. The molecular weight excluding hydrogens is 663 g/mol. The minimum absolute atomic E-state index is 0.121. The number of hydrogen-bond donors (Lipinski definition) is 0. The number of halogens is 1. The van der Waals surface area contributed by atoms with Gasteiger partial charge in [-0.05, 0) is 23.7 Å². The van der Waals surface area contributed by atoms with E-state index in [9.17, 15) is 4.79 Å². The summed E-state index contributed by atoms with van der Waals surface area (Å²) in [6.45, 7) is 9.26. The lowest BCUT2D eigenvalue weighted by atomic mass is 10.0. The molecule has 258 valence electrons. The maximum Gasteiger partial charge on any atom is 0.305 e. The molecule has 0 aliphatic heterocycles. The normalized spacial score (nSPS) is 11.4. The number of esters is 1. The number of carbonyl (C=O) groups is 1. The van der Waals surface area contributed by atoms with Crippen molar-refractivity contribution in [2.75, 3.05) is 90.3 Å². The van der Waals surface area contributed by atoms with Gasteiger partial charge in [-0.1, -0.05) is 119 Å². The van der Waals surface area contributed by atoms with Crippen LogP contribution in [-0.4, -0.2) is 96.3 Å². The molecule has 0 aromatic carbocycles. The lowest BCUT2D eigenvalue weighted by Gasteiger charge is -2.08. The van der Waals surface area contributed by atoms with Gasteiger partial charge in [0.25, 0.3) is 0 Å². The van der Waals surface area contributed by atoms with Crippen molar-refractivity contribution < 1.29 is 38.0 Å². The van der Waals surface area contributed by atoms with Gasteiger partial charge in [0.1, 0.15) is 6.61 Å². The molecule has 0 N–H and O–H groups in total. The van der Waals surface area contributed by atoms with Crippen molar-refractivity contribution in [3.05, 3.63) is 0 Å². The zero-order valence-corrected chi connectivity index (χ0v) is 29.9. The van der Waals surface area contributed by atoms with Crippen LogP contribution in [0.4, 0.5) is 0 Å². The molecule has 0 atom stereocenters. The summed E-state index contributed by atoms with van der Waals surface area (Å²) >= 11 is 2.42. The standard InChI is InChI=1S/C34H67IO8/c1-2-3-4-5-6-7-8-9-10-11-12-13-16-19-34(36)43-33-32-42-31-30-41-29-28-40-27-26-39-25-24-38-23-22-37-21-18-15-14-17-20-35/h2-33H2,1H3. The average molecular weight is 731 g/mol. The highest BCUT2D eigenvalue weighted by molar-refractivity contribution is 14.1. The summed E-state index contributed by atoms with van der Waals surface area (Å²) < 4.78 is 39.5. The van der Waals surface area contributed by atoms with Crippen molar-refractivity contribution in [1.29, 1.82) is 0 Å². The zero-order valence-electron chi connectivity index (χ0n) is 27.8. The fourth-order valence-corrected chi connectivity index (χ4v) is 4.97. The quantitative estimate of drug-likeness (QED) is 0.0273. The molecule has 0 aromatic heterocycles. The lowest BCUT2D eigenvalue weighted by molar-refractivity contribution is -0.145. The molecule has 0 rings (SSSR count). The molecule has 0 aliphatic rings. The third kappa shape index (κ3) is 39.9. The van der Waals surface area contributed by atoms with Crippen LogP contribution in [0.2, 0.25) is 0 Å². The van der Waals surface area contributed by atoms with Gasteiger partial charge in [-0.2, -0.15) is 0 Å². The molecule has 0 aliphatic carbocycles. The Morgan fingerprint density at radius 1 is 0.395 bits per heavy atom. The fraction of sp³-hybridized carbons (Fsp3) is 0.971. The van der Waals surface area contributed by atoms with Crippen LogP contribution in [0.15, 0.2) is 0 Å². The predicted octanol–water partition coefficient (Wildman–Crippen LogP) is 8.11. The Bertz CT molecular complexity index is 527. The third-order valence-electron chi connectivity index (χ3n) is 7.01. The van der Waals surface area contributed by atoms with E-state index in [4.69, 9.17) is 33.2 Å². The van der Waals surface area contributed by atoms with Gasteiger partial charge in [0.05, 0.1) is 72.7 Å². The molecule has 0 saturated carbocycles. The van der Waals surface area contributed by atoms with Crippen LogP contribution in [0.3, 0.4) is 0 Å². The van der Waals surface area contributed by atoms with Gasteiger partial charge in [0, 0.05) is 13.0 Å². The molecule has 0 saturated heterocycles. The molecule has 43 heavy (non-hydrogen) atoms. The smallest absolute Gasteiger partial charge is 0.305 e. The van der Waals surface area contributed by atoms with E-state index in [0.717, 1.165) is 25.9 Å². The third-order valence-corrected chi connectivity index (χ3v) is 7.77. The SMILES string of the molecule is CCCCCCCCCCCCCCCC(=O)OCCOCCOCCOCCOCCOCCOCCCCCCI. The number of rotatable bonds is 38. The summed E-state index contributed by atoms with van der Waals surface area (Å²) in [5, 5.41) is 0. The minimum atomic E-state index is -0.121. The summed E-state index contributed by atoms with van der Waals surface area (Å²) in [4.78, 5) is 11.8. The van der Waals surface area contributed by atoms with E-state index < -0.39 is 0 Å². The molecule has 0 bridgehead atoms. The molecular formula is C34H67IO8. The van der Waals surface area contributed by atoms with Crippen LogP contribution in [-0.2, 0) is 38.0 Å². The van der Waals surface area contributed by atoms with E-state index >= 15 is 0 Å². The van der Waals surface area contributed by atoms with Crippen LogP contribution in [0.5, 0.6) is 0 Å². The lowest BCUT2D eigenvalue weighted by Crippen LogP contribution is -2.15. The van der Waals surface area contributed by atoms with Crippen LogP contribution in [0.1, 0.15) is 122 Å². The largest absolute Gasteiger partial charge is 0.463 e. The van der Waals surface area contributed by atoms with E-state index in [1.165, 1.54) is 94.3 Å². The Morgan fingerprint density at radius 2 is 0.721 bits per heavy atom. The monoisotopic (exact) mass is 730 g/mol. The summed E-state index contributed by atoms with van der Waals surface area (Å²) in [7, 11) is 0. The second kappa shape index (κ2) is 40.0. The molecule has 9 heteroatoms. The van der Waals surface area contributed by atoms with E-state index in [1.54, 1.807) is 0 Å². The first kappa shape index (κ1) is 43.0. The summed E-state index contributed by atoms with van der Waals surface area (Å²) in [6, 6.07) is 0. The minimum Gasteiger partial charge on any atom is -0.463 e. The second-order valence-corrected chi connectivity index (χ2v) is 12.1. The molecule has 0 radical (unpaired) electrons. The second-order valence-electron chi connectivity index (χ2n) is 11.0. The summed E-state index contributed by atoms with van der Waals surface area (Å²) in [6.07, 6.45) is 22.4. The number of unbranched alkanes of at least 4 members (excludes halogenated alkanes) is 15. The van der Waals surface area contributed by atoms with E-state index in [-0.39, 0.29) is 5.97 Å². The molecule has 0 heterocycles. The average Bonchev–Trinajstić information content (AvgIpc) is 3.01. The predicted molar refractivity (Wildman–Crippen MR) is 184 cm³/mol. The topological polar surface area (TPSA) is 81.7 Å². The molecule has 8 nitrogen and oxygen atoms in total.